The smallest absolute Gasteiger partial charge is 0.316 e. The Hall–Kier alpha value is 0.330. The van der Waals surface area contributed by atoms with Gasteiger partial charge in [0.1, 0.15) is 0 Å². The summed E-state index contributed by atoms with van der Waals surface area (Å²) in [4.78, 5) is 9.27. The van der Waals surface area contributed by atoms with Crippen LogP contribution in [0, 0.1) is 0 Å². The van der Waals surface area contributed by atoms with Crippen molar-refractivity contribution in [3.05, 3.63) is 20.8 Å². The molecule has 11 heavy (non-hydrogen) atoms. The molecule has 1 rings (SSSR count). The van der Waals surface area contributed by atoms with Crippen LogP contribution in [-0.4, -0.2) is 4.89 Å². The summed E-state index contributed by atoms with van der Waals surface area (Å²) >= 11 is 4.76. The quantitative estimate of drug-likeness (QED) is 0.846. The fourth-order valence-corrected chi connectivity index (χ4v) is 2.34. The van der Waals surface area contributed by atoms with Gasteiger partial charge in [-0.15, -0.1) is 11.3 Å². The molecule has 6 heteroatoms. The summed E-state index contributed by atoms with van der Waals surface area (Å²) in [5, 5.41) is 0. The summed E-state index contributed by atoms with van der Waals surface area (Å²) in [6.45, 7) is 0.213. The number of thiophene rings is 1. The van der Waals surface area contributed by atoms with E-state index in [0.717, 1.165) is 8.66 Å². The lowest BCUT2D eigenvalue weighted by atomic mass is 10.5. The maximum atomic E-state index is 10.1. The van der Waals surface area contributed by atoms with Gasteiger partial charge in [0, 0.05) is 4.88 Å². The second-order valence-corrected chi connectivity index (χ2v) is 5.13. The third kappa shape index (κ3) is 3.49. The highest BCUT2D eigenvalue weighted by Gasteiger charge is 1.98. The molecule has 3 nitrogen and oxygen atoms in total. The van der Waals surface area contributed by atoms with E-state index < -0.39 is 8.25 Å². The van der Waals surface area contributed by atoms with Gasteiger partial charge < -0.3 is 9.42 Å². The molecular formula is C5H6BrO3PS. The first-order valence-corrected chi connectivity index (χ1v) is 5.66. The van der Waals surface area contributed by atoms with Crippen LogP contribution in [0.3, 0.4) is 0 Å². The van der Waals surface area contributed by atoms with Gasteiger partial charge in [0.25, 0.3) is 0 Å². The zero-order chi connectivity index (χ0) is 8.27. The van der Waals surface area contributed by atoms with Crippen molar-refractivity contribution in [3.63, 3.8) is 0 Å². The highest BCUT2D eigenvalue weighted by atomic mass is 79.9. The highest BCUT2D eigenvalue weighted by molar-refractivity contribution is 9.11. The molecule has 0 aromatic carbocycles. The van der Waals surface area contributed by atoms with Crippen LogP contribution < -0.4 is 0 Å². The number of halogens is 1. The minimum Gasteiger partial charge on any atom is -0.326 e. The average Bonchev–Trinajstić information content (AvgIpc) is 2.31. The Morgan fingerprint density at radius 3 is 2.91 bits per heavy atom. The predicted molar refractivity (Wildman–Crippen MR) is 48.0 cm³/mol. The van der Waals surface area contributed by atoms with Crippen molar-refractivity contribution in [3.8, 4) is 0 Å². The number of hydrogen-bond donors (Lipinski definition) is 1. The van der Waals surface area contributed by atoms with Gasteiger partial charge >= 0.3 is 8.25 Å². The fraction of sp³-hybridized carbons (Fsp3) is 0.200. The minimum absolute atomic E-state index is 0.213. The Morgan fingerprint density at radius 1 is 1.73 bits per heavy atom. The van der Waals surface area contributed by atoms with E-state index in [4.69, 9.17) is 4.89 Å². The number of hydrogen-bond acceptors (Lipinski definition) is 3. The molecule has 1 atom stereocenters. The van der Waals surface area contributed by atoms with Crippen LogP contribution >= 0.6 is 35.5 Å². The molecule has 0 amide bonds. The van der Waals surface area contributed by atoms with E-state index in [9.17, 15) is 4.57 Å². The average molecular weight is 257 g/mol. The first-order chi connectivity index (χ1) is 5.18. The Morgan fingerprint density at radius 2 is 2.45 bits per heavy atom. The molecule has 1 heterocycles. The standard InChI is InChI=1S/C5H6BrO3PS/c6-5-2-1-4(11-5)3-9-10(7)8/h1-2,10H,3H2,(H,7,8). The zero-order valence-electron chi connectivity index (χ0n) is 5.41. The van der Waals surface area contributed by atoms with Crippen molar-refractivity contribution in [2.75, 3.05) is 0 Å². The molecule has 1 unspecified atom stereocenters. The third-order valence-corrected chi connectivity index (χ3v) is 2.96. The molecule has 0 bridgehead atoms. The molecule has 1 aromatic heterocycles. The van der Waals surface area contributed by atoms with Crippen molar-refractivity contribution in [1.82, 2.24) is 0 Å². The van der Waals surface area contributed by atoms with Crippen LogP contribution in [0.25, 0.3) is 0 Å². The van der Waals surface area contributed by atoms with Crippen LogP contribution in [-0.2, 0) is 15.7 Å². The second-order valence-electron chi connectivity index (χ2n) is 1.76. The van der Waals surface area contributed by atoms with E-state index in [1.807, 2.05) is 12.1 Å². The van der Waals surface area contributed by atoms with Gasteiger partial charge in [-0.3, -0.25) is 4.57 Å². The van der Waals surface area contributed by atoms with Crippen molar-refractivity contribution in [2.45, 2.75) is 6.61 Å². The van der Waals surface area contributed by atoms with E-state index in [1.165, 1.54) is 11.3 Å². The molecular weight excluding hydrogens is 251 g/mol. The predicted octanol–water partition coefficient (Wildman–Crippen LogP) is 2.41. The summed E-state index contributed by atoms with van der Waals surface area (Å²) < 4.78 is 15.7. The van der Waals surface area contributed by atoms with Crippen LogP contribution in [0.4, 0.5) is 0 Å². The molecule has 0 aliphatic heterocycles. The van der Waals surface area contributed by atoms with Crippen LogP contribution in [0.5, 0.6) is 0 Å². The lowest BCUT2D eigenvalue weighted by molar-refractivity contribution is 0.275. The molecule has 62 valence electrons. The first-order valence-electron chi connectivity index (χ1n) is 2.78. The van der Waals surface area contributed by atoms with Crippen LogP contribution in [0.2, 0.25) is 0 Å². The monoisotopic (exact) mass is 256 g/mol. The van der Waals surface area contributed by atoms with Crippen molar-refractivity contribution < 1.29 is 14.0 Å². The van der Waals surface area contributed by atoms with Crippen molar-refractivity contribution >= 4 is 35.5 Å². The van der Waals surface area contributed by atoms with E-state index in [0.29, 0.717) is 0 Å². The lowest BCUT2D eigenvalue weighted by Crippen LogP contribution is -1.78. The molecule has 0 saturated carbocycles. The molecule has 1 N–H and O–H groups in total. The van der Waals surface area contributed by atoms with Gasteiger partial charge in [0.2, 0.25) is 0 Å². The maximum absolute atomic E-state index is 10.1. The molecule has 0 aliphatic carbocycles. The van der Waals surface area contributed by atoms with Crippen LogP contribution in [0.15, 0.2) is 15.9 Å². The van der Waals surface area contributed by atoms with Crippen LogP contribution in [0.1, 0.15) is 4.88 Å². The first kappa shape index (κ1) is 9.42. The van der Waals surface area contributed by atoms with Gasteiger partial charge in [0.15, 0.2) is 0 Å². The van der Waals surface area contributed by atoms with Gasteiger partial charge in [0.05, 0.1) is 10.4 Å². The summed E-state index contributed by atoms with van der Waals surface area (Å²) in [7, 11) is -2.78. The van der Waals surface area contributed by atoms with Gasteiger partial charge in [-0.1, -0.05) is 0 Å². The Balaban J connectivity index is 2.45. The fourth-order valence-electron chi connectivity index (χ4n) is 0.562. The van der Waals surface area contributed by atoms with E-state index in [1.54, 1.807) is 0 Å². The summed E-state index contributed by atoms with van der Waals surface area (Å²) in [5.74, 6) is 0. The summed E-state index contributed by atoms with van der Waals surface area (Å²) in [6.07, 6.45) is 0. The van der Waals surface area contributed by atoms with E-state index in [2.05, 4.69) is 20.5 Å². The van der Waals surface area contributed by atoms with Crippen molar-refractivity contribution in [2.24, 2.45) is 0 Å². The summed E-state index contributed by atoms with van der Waals surface area (Å²) in [6, 6.07) is 3.72. The third-order valence-electron chi connectivity index (χ3n) is 0.967. The maximum Gasteiger partial charge on any atom is 0.316 e. The lowest BCUT2D eigenvalue weighted by Gasteiger charge is -1.94. The second kappa shape index (κ2) is 4.38. The molecule has 0 radical (unpaired) electrons. The Labute approximate surface area is 77.1 Å². The highest BCUT2D eigenvalue weighted by Crippen LogP contribution is 2.25. The van der Waals surface area contributed by atoms with Crippen molar-refractivity contribution in [1.29, 1.82) is 0 Å². The van der Waals surface area contributed by atoms with Gasteiger partial charge in [-0.25, -0.2) is 0 Å². The molecule has 1 aromatic rings. The largest absolute Gasteiger partial charge is 0.326 e. The zero-order valence-corrected chi connectivity index (χ0v) is 8.81. The SMILES string of the molecule is O=[PH](O)OCc1ccc(Br)s1. The molecule has 0 fully saturated rings. The normalized spacial score (nSPS) is 13.3. The van der Waals surface area contributed by atoms with Gasteiger partial charge in [-0.2, -0.15) is 0 Å². The molecule has 0 aliphatic rings. The number of rotatable bonds is 3. The molecule has 0 saturated heterocycles. The molecule has 0 spiro atoms. The topological polar surface area (TPSA) is 46.5 Å². The Kier molecular flexibility index (Phi) is 3.75. The van der Waals surface area contributed by atoms with E-state index >= 15 is 0 Å². The minimum atomic E-state index is -2.78. The summed E-state index contributed by atoms with van der Waals surface area (Å²) in [5.41, 5.74) is 0. The van der Waals surface area contributed by atoms with Gasteiger partial charge in [-0.05, 0) is 28.1 Å². The Bertz CT molecular complexity index is 262. The van der Waals surface area contributed by atoms with E-state index in [-0.39, 0.29) is 6.61 Å².